The summed E-state index contributed by atoms with van der Waals surface area (Å²) in [6.07, 6.45) is 2.26. The summed E-state index contributed by atoms with van der Waals surface area (Å²) in [5.41, 5.74) is 1.19. The Kier molecular flexibility index (Phi) is 7.75. The monoisotopic (exact) mass is 401 g/mol. The molecule has 1 aromatic carbocycles. The van der Waals surface area contributed by atoms with Crippen LogP contribution in [-0.2, 0) is 4.79 Å². The van der Waals surface area contributed by atoms with E-state index in [0.29, 0.717) is 19.1 Å². The van der Waals surface area contributed by atoms with Crippen LogP contribution in [0.1, 0.15) is 32.3 Å². The minimum Gasteiger partial charge on any atom is -0.489 e. The maximum atomic E-state index is 12.0. The van der Waals surface area contributed by atoms with Gasteiger partial charge < -0.3 is 20.3 Å². The predicted molar refractivity (Wildman–Crippen MR) is 116 cm³/mol. The molecule has 1 aliphatic carbocycles. The van der Waals surface area contributed by atoms with Crippen LogP contribution in [0, 0.1) is 6.92 Å². The van der Waals surface area contributed by atoms with Crippen molar-refractivity contribution in [3.05, 3.63) is 29.8 Å². The van der Waals surface area contributed by atoms with E-state index in [1.54, 1.807) is 0 Å². The van der Waals surface area contributed by atoms with Crippen molar-refractivity contribution in [1.82, 2.24) is 20.4 Å². The van der Waals surface area contributed by atoms with Gasteiger partial charge in [-0.3, -0.25) is 9.69 Å². The first-order valence-electron chi connectivity index (χ1n) is 10.8. The molecule has 1 atom stereocenters. The van der Waals surface area contributed by atoms with Crippen LogP contribution >= 0.6 is 0 Å². The fourth-order valence-corrected chi connectivity index (χ4v) is 3.42. The van der Waals surface area contributed by atoms with Gasteiger partial charge >= 0.3 is 0 Å². The molecule has 2 N–H and O–H groups in total. The number of hydrogen-bond donors (Lipinski definition) is 2. The van der Waals surface area contributed by atoms with Gasteiger partial charge in [0.15, 0.2) is 5.96 Å². The van der Waals surface area contributed by atoms with Crippen LogP contribution in [0.2, 0.25) is 0 Å². The van der Waals surface area contributed by atoms with Gasteiger partial charge in [0.2, 0.25) is 5.91 Å². The maximum Gasteiger partial charge on any atom is 0.234 e. The second-order valence-corrected chi connectivity index (χ2v) is 8.04. The zero-order valence-corrected chi connectivity index (χ0v) is 18.0. The molecule has 160 valence electrons. The summed E-state index contributed by atoms with van der Waals surface area (Å²) >= 11 is 0. The van der Waals surface area contributed by atoms with E-state index in [2.05, 4.69) is 40.3 Å². The van der Waals surface area contributed by atoms with Crippen molar-refractivity contribution in [3.8, 4) is 5.75 Å². The molecule has 3 rings (SSSR count). The summed E-state index contributed by atoms with van der Waals surface area (Å²) in [7, 11) is 0. The number of aliphatic imine (C=N–C) groups is 1. The molecule has 0 bridgehead atoms. The van der Waals surface area contributed by atoms with Gasteiger partial charge in [0.1, 0.15) is 11.9 Å². The van der Waals surface area contributed by atoms with E-state index in [4.69, 9.17) is 9.73 Å². The quantitative estimate of drug-likeness (QED) is 0.512. The molecular weight excluding hydrogens is 366 g/mol. The maximum absolute atomic E-state index is 12.0. The number of carbonyl (C=O) groups excluding carboxylic acids is 1. The number of carbonyl (C=O) groups is 1. The highest BCUT2D eigenvalue weighted by Gasteiger charge is 2.26. The summed E-state index contributed by atoms with van der Waals surface area (Å²) < 4.78 is 6.00. The van der Waals surface area contributed by atoms with Crippen molar-refractivity contribution in [3.63, 3.8) is 0 Å². The van der Waals surface area contributed by atoms with E-state index in [1.807, 2.05) is 25.1 Å². The third kappa shape index (κ3) is 7.24. The molecule has 29 heavy (non-hydrogen) atoms. The summed E-state index contributed by atoms with van der Waals surface area (Å²) in [5.74, 6) is 1.97. The Balaban J connectivity index is 1.46. The zero-order chi connectivity index (χ0) is 20.6. The van der Waals surface area contributed by atoms with Crippen LogP contribution in [0.25, 0.3) is 0 Å². The van der Waals surface area contributed by atoms with Gasteiger partial charge in [-0.25, -0.2) is 4.99 Å². The first kappa shape index (κ1) is 21.4. The van der Waals surface area contributed by atoms with Gasteiger partial charge in [0.25, 0.3) is 0 Å². The Morgan fingerprint density at radius 1 is 1.28 bits per heavy atom. The van der Waals surface area contributed by atoms with Gasteiger partial charge in [-0.15, -0.1) is 0 Å². The fourth-order valence-electron chi connectivity index (χ4n) is 3.42. The van der Waals surface area contributed by atoms with E-state index in [9.17, 15) is 4.79 Å². The highest BCUT2D eigenvalue weighted by atomic mass is 16.5. The normalized spacial score (nSPS) is 19.0. The first-order valence-corrected chi connectivity index (χ1v) is 10.8. The molecule has 0 aromatic heterocycles. The lowest BCUT2D eigenvalue weighted by Gasteiger charge is -2.36. The van der Waals surface area contributed by atoms with Crippen molar-refractivity contribution in [1.29, 1.82) is 0 Å². The number of aryl methyl sites for hydroxylation is 1. The average molecular weight is 402 g/mol. The number of piperazine rings is 1. The highest BCUT2D eigenvalue weighted by Crippen LogP contribution is 2.18. The summed E-state index contributed by atoms with van der Waals surface area (Å²) in [6, 6.07) is 8.53. The van der Waals surface area contributed by atoms with Crippen LogP contribution < -0.4 is 15.4 Å². The molecule has 1 saturated heterocycles. The van der Waals surface area contributed by atoms with Crippen molar-refractivity contribution in [2.75, 3.05) is 45.8 Å². The van der Waals surface area contributed by atoms with E-state index in [-0.39, 0.29) is 12.0 Å². The third-order valence-electron chi connectivity index (χ3n) is 5.14. The fraction of sp³-hybridized carbons (Fsp3) is 0.636. The lowest BCUT2D eigenvalue weighted by molar-refractivity contribution is -0.122. The minimum atomic E-state index is -0.00198. The van der Waals surface area contributed by atoms with E-state index in [0.717, 1.165) is 57.3 Å². The molecule has 7 heteroatoms. The number of hydrogen-bond acceptors (Lipinski definition) is 4. The molecule has 1 saturated carbocycles. The van der Waals surface area contributed by atoms with Gasteiger partial charge in [0, 0.05) is 38.8 Å². The Morgan fingerprint density at radius 2 is 2.03 bits per heavy atom. The number of ether oxygens (including phenoxy) is 1. The van der Waals surface area contributed by atoms with Crippen LogP contribution in [-0.4, -0.2) is 79.6 Å². The second-order valence-electron chi connectivity index (χ2n) is 8.04. The number of amides is 1. The smallest absolute Gasteiger partial charge is 0.234 e. The Bertz CT molecular complexity index is 696. The molecule has 1 amide bonds. The standard InChI is InChI=1S/C22H35N5O2/c1-4-23-22(24-15-18(3)29-20-7-5-6-17(2)14-20)27-12-10-26(11-13-27)16-21(28)25-19-8-9-19/h5-7,14,18-19H,4,8-13,15-16H2,1-3H3,(H,23,24)(H,25,28). The SMILES string of the molecule is CCNC(=NCC(C)Oc1cccc(C)c1)N1CCN(CC(=O)NC2CC2)CC1. The van der Waals surface area contributed by atoms with Crippen molar-refractivity contribution in [2.24, 2.45) is 4.99 Å². The Hall–Kier alpha value is -2.28. The molecule has 1 heterocycles. The van der Waals surface area contributed by atoms with Gasteiger partial charge in [0.05, 0.1) is 13.1 Å². The average Bonchev–Trinajstić information content (AvgIpc) is 3.49. The van der Waals surface area contributed by atoms with Crippen molar-refractivity contribution >= 4 is 11.9 Å². The van der Waals surface area contributed by atoms with Gasteiger partial charge in [-0.05, 0) is 51.3 Å². The lowest BCUT2D eigenvalue weighted by atomic mass is 10.2. The molecule has 7 nitrogen and oxygen atoms in total. The zero-order valence-electron chi connectivity index (χ0n) is 18.0. The number of rotatable bonds is 8. The van der Waals surface area contributed by atoms with E-state index in [1.165, 1.54) is 5.56 Å². The topological polar surface area (TPSA) is 69.2 Å². The molecule has 0 radical (unpaired) electrons. The molecule has 1 aromatic rings. The Labute approximate surface area is 174 Å². The van der Waals surface area contributed by atoms with Crippen molar-refractivity contribution < 1.29 is 9.53 Å². The largest absolute Gasteiger partial charge is 0.489 e. The van der Waals surface area contributed by atoms with Crippen molar-refractivity contribution in [2.45, 2.75) is 45.8 Å². The van der Waals surface area contributed by atoms with Crippen LogP contribution in [0.5, 0.6) is 5.75 Å². The van der Waals surface area contributed by atoms with Crippen LogP contribution in [0.3, 0.4) is 0 Å². The molecular formula is C22H35N5O2. The number of nitrogens with zero attached hydrogens (tertiary/aromatic N) is 3. The van der Waals surface area contributed by atoms with E-state index >= 15 is 0 Å². The summed E-state index contributed by atoms with van der Waals surface area (Å²) in [6.45, 7) is 11.6. The summed E-state index contributed by atoms with van der Waals surface area (Å²) in [5, 5.41) is 6.46. The number of nitrogens with one attached hydrogen (secondary N) is 2. The number of guanidine groups is 1. The Morgan fingerprint density at radius 3 is 2.69 bits per heavy atom. The van der Waals surface area contributed by atoms with Crippen LogP contribution in [0.4, 0.5) is 0 Å². The third-order valence-corrected chi connectivity index (χ3v) is 5.14. The summed E-state index contributed by atoms with van der Waals surface area (Å²) in [4.78, 5) is 21.3. The van der Waals surface area contributed by atoms with Gasteiger partial charge in [-0.2, -0.15) is 0 Å². The molecule has 1 aliphatic heterocycles. The molecule has 0 spiro atoms. The van der Waals surface area contributed by atoms with Gasteiger partial charge in [-0.1, -0.05) is 12.1 Å². The van der Waals surface area contributed by atoms with E-state index < -0.39 is 0 Å². The highest BCUT2D eigenvalue weighted by molar-refractivity contribution is 5.80. The first-order chi connectivity index (χ1) is 14.0. The second kappa shape index (κ2) is 10.5. The molecule has 2 fully saturated rings. The minimum absolute atomic E-state index is 0.00198. The molecule has 1 unspecified atom stereocenters. The molecule has 2 aliphatic rings. The number of benzene rings is 1. The lowest BCUT2D eigenvalue weighted by Crippen LogP contribution is -2.54. The van der Waals surface area contributed by atoms with Crippen LogP contribution in [0.15, 0.2) is 29.3 Å². The predicted octanol–water partition coefficient (Wildman–Crippen LogP) is 1.62.